The number of carbonyl (C=O) groups is 1. The van der Waals surface area contributed by atoms with Crippen LogP contribution in [-0.2, 0) is 11.2 Å². The zero-order valence-corrected chi connectivity index (χ0v) is 15.8. The lowest BCUT2D eigenvalue weighted by Gasteiger charge is -2.28. The maximum absolute atomic E-state index is 12.5. The highest BCUT2D eigenvalue weighted by molar-refractivity contribution is 5.78. The predicted molar refractivity (Wildman–Crippen MR) is 107 cm³/mol. The highest BCUT2D eigenvalue weighted by atomic mass is 16.1. The minimum Gasteiger partial charge on any atom is -0.354 e. The molecule has 0 radical (unpaired) electrons. The van der Waals surface area contributed by atoms with Crippen LogP contribution in [0.25, 0.3) is 5.65 Å². The van der Waals surface area contributed by atoms with Gasteiger partial charge in [0, 0.05) is 18.9 Å². The molecule has 140 valence electrons. The SMILES string of the molecule is Cc1ccn2cc(CC(=O)NCC(c3ccccc3)N3CCCC3)nc2c1. The summed E-state index contributed by atoms with van der Waals surface area (Å²) < 4.78 is 1.96. The molecule has 0 saturated carbocycles. The lowest BCUT2D eigenvalue weighted by atomic mass is 10.1. The lowest BCUT2D eigenvalue weighted by molar-refractivity contribution is -0.120. The van der Waals surface area contributed by atoms with Gasteiger partial charge in [-0.25, -0.2) is 4.98 Å². The van der Waals surface area contributed by atoms with Gasteiger partial charge in [-0.15, -0.1) is 0 Å². The first-order chi connectivity index (χ1) is 13.2. The van der Waals surface area contributed by atoms with Crippen LogP contribution in [0.5, 0.6) is 0 Å². The van der Waals surface area contributed by atoms with Gasteiger partial charge in [0.15, 0.2) is 0 Å². The summed E-state index contributed by atoms with van der Waals surface area (Å²) in [5.74, 6) is 0.0234. The monoisotopic (exact) mass is 362 g/mol. The number of likely N-dealkylation sites (tertiary alicyclic amines) is 1. The molecule has 1 aliphatic heterocycles. The Morgan fingerprint density at radius 2 is 1.96 bits per heavy atom. The molecule has 5 heteroatoms. The molecule has 2 aromatic heterocycles. The summed E-state index contributed by atoms with van der Waals surface area (Å²) in [5, 5.41) is 3.13. The molecule has 27 heavy (non-hydrogen) atoms. The Bertz CT molecular complexity index is 912. The molecule has 0 bridgehead atoms. The number of aryl methyl sites for hydroxylation is 1. The summed E-state index contributed by atoms with van der Waals surface area (Å²) >= 11 is 0. The van der Waals surface area contributed by atoms with Gasteiger partial charge in [-0.2, -0.15) is 0 Å². The van der Waals surface area contributed by atoms with Crippen molar-refractivity contribution < 1.29 is 4.79 Å². The fourth-order valence-electron chi connectivity index (χ4n) is 3.85. The van der Waals surface area contributed by atoms with Crippen molar-refractivity contribution in [2.45, 2.75) is 32.2 Å². The van der Waals surface area contributed by atoms with Crippen molar-refractivity contribution in [3.8, 4) is 0 Å². The Labute approximate surface area is 160 Å². The molecular weight excluding hydrogens is 336 g/mol. The lowest BCUT2D eigenvalue weighted by Crippen LogP contribution is -2.37. The summed E-state index contributed by atoms with van der Waals surface area (Å²) in [4.78, 5) is 19.6. The maximum Gasteiger partial charge on any atom is 0.226 e. The van der Waals surface area contributed by atoms with E-state index in [1.807, 2.05) is 41.9 Å². The van der Waals surface area contributed by atoms with Crippen molar-refractivity contribution in [1.82, 2.24) is 19.6 Å². The van der Waals surface area contributed by atoms with E-state index in [1.54, 1.807) is 0 Å². The van der Waals surface area contributed by atoms with E-state index in [-0.39, 0.29) is 11.9 Å². The van der Waals surface area contributed by atoms with Gasteiger partial charge in [-0.3, -0.25) is 9.69 Å². The van der Waals surface area contributed by atoms with E-state index < -0.39 is 0 Å². The number of rotatable bonds is 6. The molecule has 1 fully saturated rings. The molecule has 3 heterocycles. The van der Waals surface area contributed by atoms with Crippen molar-refractivity contribution in [3.63, 3.8) is 0 Å². The molecule has 1 aromatic carbocycles. The number of nitrogens with one attached hydrogen (secondary N) is 1. The summed E-state index contributed by atoms with van der Waals surface area (Å²) in [5.41, 5.74) is 4.12. The van der Waals surface area contributed by atoms with Crippen LogP contribution in [-0.4, -0.2) is 39.8 Å². The number of fused-ring (bicyclic) bond motifs is 1. The first-order valence-corrected chi connectivity index (χ1v) is 9.69. The average molecular weight is 362 g/mol. The normalized spacial score (nSPS) is 15.9. The van der Waals surface area contributed by atoms with Crippen molar-refractivity contribution in [1.29, 1.82) is 0 Å². The zero-order valence-electron chi connectivity index (χ0n) is 15.8. The number of hydrogen-bond donors (Lipinski definition) is 1. The number of pyridine rings is 1. The Morgan fingerprint density at radius 3 is 2.74 bits per heavy atom. The van der Waals surface area contributed by atoms with Crippen LogP contribution in [0.4, 0.5) is 0 Å². The van der Waals surface area contributed by atoms with Crippen molar-refractivity contribution in [3.05, 3.63) is 71.7 Å². The molecule has 1 aliphatic rings. The third kappa shape index (κ3) is 4.19. The van der Waals surface area contributed by atoms with Gasteiger partial charge in [0.2, 0.25) is 5.91 Å². The highest BCUT2D eigenvalue weighted by Gasteiger charge is 2.23. The van der Waals surface area contributed by atoms with Gasteiger partial charge in [0.05, 0.1) is 18.2 Å². The van der Waals surface area contributed by atoms with E-state index in [1.165, 1.54) is 24.0 Å². The maximum atomic E-state index is 12.5. The van der Waals surface area contributed by atoms with E-state index in [0.717, 1.165) is 24.4 Å². The molecule has 5 nitrogen and oxygen atoms in total. The standard InChI is InChI=1S/C22H26N4O/c1-17-9-12-26-16-19(24-21(26)13-17)14-22(27)23-15-20(25-10-5-6-11-25)18-7-3-2-4-8-18/h2-4,7-9,12-13,16,20H,5-6,10-11,14-15H2,1H3,(H,23,27). The number of aromatic nitrogens is 2. The molecule has 4 rings (SSSR count). The van der Waals surface area contributed by atoms with Crippen LogP contribution in [0.15, 0.2) is 54.9 Å². The number of imidazole rings is 1. The number of hydrogen-bond acceptors (Lipinski definition) is 3. The second kappa shape index (κ2) is 7.92. The molecule has 1 N–H and O–H groups in total. The third-order valence-electron chi connectivity index (χ3n) is 5.27. The second-order valence-electron chi connectivity index (χ2n) is 7.35. The number of amides is 1. The summed E-state index contributed by atoms with van der Waals surface area (Å²) in [6, 6.07) is 14.8. The topological polar surface area (TPSA) is 49.6 Å². The Balaban J connectivity index is 1.41. The fraction of sp³-hybridized carbons (Fsp3) is 0.364. The van der Waals surface area contributed by atoms with Gasteiger partial charge in [-0.1, -0.05) is 30.3 Å². The third-order valence-corrected chi connectivity index (χ3v) is 5.27. The first-order valence-electron chi connectivity index (χ1n) is 9.69. The Hall–Kier alpha value is -2.66. The number of benzene rings is 1. The molecular formula is C22H26N4O. The quantitative estimate of drug-likeness (QED) is 0.733. The molecule has 1 amide bonds. The largest absolute Gasteiger partial charge is 0.354 e. The minimum atomic E-state index is 0.0234. The molecule has 1 saturated heterocycles. The molecule has 0 spiro atoms. The number of carbonyl (C=O) groups excluding carboxylic acids is 1. The van der Waals surface area contributed by atoms with Gasteiger partial charge < -0.3 is 9.72 Å². The Morgan fingerprint density at radius 1 is 1.19 bits per heavy atom. The van der Waals surface area contributed by atoms with Crippen molar-refractivity contribution in [2.24, 2.45) is 0 Å². The summed E-state index contributed by atoms with van der Waals surface area (Å²) in [6.45, 7) is 4.88. The second-order valence-corrected chi connectivity index (χ2v) is 7.35. The zero-order chi connectivity index (χ0) is 18.6. The van der Waals surface area contributed by atoms with Crippen LogP contribution in [0, 0.1) is 6.92 Å². The fourth-order valence-corrected chi connectivity index (χ4v) is 3.85. The molecule has 1 unspecified atom stereocenters. The highest BCUT2D eigenvalue weighted by Crippen LogP contribution is 2.24. The van der Waals surface area contributed by atoms with E-state index in [2.05, 4.69) is 39.5 Å². The van der Waals surface area contributed by atoms with Gasteiger partial charge in [-0.05, 0) is 56.1 Å². The van der Waals surface area contributed by atoms with Crippen molar-refractivity contribution >= 4 is 11.6 Å². The van der Waals surface area contributed by atoms with Crippen LogP contribution in [0.3, 0.4) is 0 Å². The molecule has 1 atom stereocenters. The van der Waals surface area contributed by atoms with Crippen molar-refractivity contribution in [2.75, 3.05) is 19.6 Å². The van der Waals surface area contributed by atoms with Gasteiger partial charge in [0.1, 0.15) is 5.65 Å². The van der Waals surface area contributed by atoms with Crippen LogP contribution < -0.4 is 5.32 Å². The van der Waals surface area contributed by atoms with Crippen LogP contribution >= 0.6 is 0 Å². The Kier molecular flexibility index (Phi) is 5.21. The van der Waals surface area contributed by atoms with Gasteiger partial charge >= 0.3 is 0 Å². The summed E-state index contributed by atoms with van der Waals surface area (Å²) in [7, 11) is 0. The van der Waals surface area contributed by atoms with E-state index in [4.69, 9.17) is 0 Å². The smallest absolute Gasteiger partial charge is 0.226 e. The van der Waals surface area contributed by atoms with Crippen LogP contribution in [0.2, 0.25) is 0 Å². The average Bonchev–Trinajstić information content (AvgIpc) is 3.32. The van der Waals surface area contributed by atoms with Gasteiger partial charge in [0.25, 0.3) is 0 Å². The summed E-state index contributed by atoms with van der Waals surface area (Å²) in [6.07, 6.45) is 6.69. The van der Waals surface area contributed by atoms with E-state index in [9.17, 15) is 4.79 Å². The molecule has 3 aromatic rings. The van der Waals surface area contributed by atoms with E-state index >= 15 is 0 Å². The van der Waals surface area contributed by atoms with Crippen LogP contribution in [0.1, 0.15) is 35.7 Å². The first kappa shape index (κ1) is 17.7. The van der Waals surface area contributed by atoms with E-state index in [0.29, 0.717) is 13.0 Å². The molecule has 0 aliphatic carbocycles. The minimum absolute atomic E-state index is 0.0234. The number of nitrogens with zero attached hydrogens (tertiary/aromatic N) is 3. The predicted octanol–water partition coefficient (Wildman–Crippen LogP) is 3.14.